The van der Waals surface area contributed by atoms with Crippen LogP contribution in [0.25, 0.3) is 11.0 Å². The van der Waals surface area contributed by atoms with Gasteiger partial charge in [0.05, 0.1) is 11.7 Å². The minimum absolute atomic E-state index is 0.0335. The predicted molar refractivity (Wildman–Crippen MR) is 69.0 cm³/mol. The first-order valence-electron chi connectivity index (χ1n) is 6.12. The molecule has 0 amide bonds. The summed E-state index contributed by atoms with van der Waals surface area (Å²) in [5.74, 6) is -0.191. The van der Waals surface area contributed by atoms with Crippen LogP contribution >= 0.6 is 0 Å². The molecule has 2 N–H and O–H groups in total. The fraction of sp³-hybridized carbons (Fsp3) is 0.231. The maximum atomic E-state index is 13.6. The summed E-state index contributed by atoms with van der Waals surface area (Å²) in [7, 11) is 0. The van der Waals surface area contributed by atoms with Crippen LogP contribution in [0.5, 0.6) is 0 Å². The van der Waals surface area contributed by atoms with E-state index in [9.17, 15) is 8.78 Å². The Kier molecular flexibility index (Phi) is 2.89. The summed E-state index contributed by atoms with van der Waals surface area (Å²) >= 11 is 0. The van der Waals surface area contributed by atoms with Crippen molar-refractivity contribution in [3.63, 3.8) is 0 Å². The first kappa shape index (κ1) is 12.6. The molecule has 2 heterocycles. The van der Waals surface area contributed by atoms with Crippen LogP contribution in [0.3, 0.4) is 0 Å². The van der Waals surface area contributed by atoms with E-state index in [1.165, 1.54) is 10.6 Å². The maximum Gasteiger partial charge on any atom is 0.214 e. The number of benzene rings is 1. The topological polar surface area (TPSA) is 69.9 Å². The van der Waals surface area contributed by atoms with E-state index >= 15 is 0 Å². The lowest BCUT2D eigenvalue weighted by atomic mass is 10.3. The van der Waals surface area contributed by atoms with E-state index in [1.807, 2.05) is 6.92 Å². The lowest BCUT2D eigenvalue weighted by Crippen LogP contribution is -2.04. The van der Waals surface area contributed by atoms with Gasteiger partial charge in [0.15, 0.2) is 5.82 Å². The van der Waals surface area contributed by atoms with Gasteiger partial charge in [-0.2, -0.15) is 0 Å². The van der Waals surface area contributed by atoms with E-state index in [1.54, 1.807) is 6.20 Å². The van der Waals surface area contributed by atoms with Gasteiger partial charge in [-0.05, 0) is 0 Å². The lowest BCUT2D eigenvalue weighted by molar-refractivity contribution is 0.449. The molecular weight excluding hydrogens is 266 g/mol. The van der Waals surface area contributed by atoms with E-state index in [-0.39, 0.29) is 23.5 Å². The van der Waals surface area contributed by atoms with Gasteiger partial charge in [0, 0.05) is 18.6 Å². The second kappa shape index (κ2) is 4.59. The molecule has 3 aromatic rings. The van der Waals surface area contributed by atoms with E-state index in [4.69, 9.17) is 10.2 Å². The Balaban J connectivity index is 2.08. The lowest BCUT2D eigenvalue weighted by Gasteiger charge is -2.03. The number of oxazole rings is 1. The molecule has 0 fully saturated rings. The molecule has 0 saturated carbocycles. The highest BCUT2D eigenvalue weighted by Gasteiger charge is 2.15. The second-order valence-electron chi connectivity index (χ2n) is 4.39. The highest BCUT2D eigenvalue weighted by molar-refractivity contribution is 5.79. The number of aromatic nitrogens is 3. The van der Waals surface area contributed by atoms with Gasteiger partial charge in [-0.25, -0.2) is 18.7 Å². The molecule has 0 aliphatic heterocycles. The smallest absolute Gasteiger partial charge is 0.214 e. The number of rotatable bonds is 3. The molecule has 0 unspecified atom stereocenters. The molecule has 5 nitrogen and oxygen atoms in total. The number of hydrogen-bond donors (Lipinski definition) is 1. The average Bonchev–Trinajstić information content (AvgIpc) is 2.97. The first-order valence-corrected chi connectivity index (χ1v) is 6.12. The molecule has 3 rings (SSSR count). The van der Waals surface area contributed by atoms with E-state index in [0.717, 1.165) is 18.2 Å². The number of halogens is 2. The summed E-state index contributed by atoms with van der Waals surface area (Å²) in [6.07, 6.45) is 2.34. The number of aryl methyl sites for hydroxylation is 1. The van der Waals surface area contributed by atoms with Crippen LogP contribution in [0.4, 0.5) is 14.7 Å². The predicted octanol–water partition coefficient (Wildman–Crippen LogP) is 2.50. The summed E-state index contributed by atoms with van der Waals surface area (Å²) in [5, 5.41) is 0. The molecule has 2 aromatic heterocycles. The fourth-order valence-corrected chi connectivity index (χ4v) is 2.05. The highest BCUT2D eigenvalue weighted by atomic mass is 19.1. The van der Waals surface area contributed by atoms with Crippen LogP contribution < -0.4 is 5.73 Å². The van der Waals surface area contributed by atoms with Crippen LogP contribution in [0.15, 0.2) is 22.7 Å². The van der Waals surface area contributed by atoms with Crippen molar-refractivity contribution >= 4 is 17.0 Å². The van der Waals surface area contributed by atoms with E-state index < -0.39 is 11.6 Å². The van der Waals surface area contributed by atoms with Gasteiger partial charge in [0.2, 0.25) is 11.8 Å². The molecule has 0 bridgehead atoms. The van der Waals surface area contributed by atoms with Crippen molar-refractivity contribution in [2.24, 2.45) is 0 Å². The van der Waals surface area contributed by atoms with Gasteiger partial charge in [0.1, 0.15) is 23.6 Å². The SMILES string of the molecule is CCc1cnc(Cn2c(N)nc3c(F)cc(F)cc32)o1. The third-order valence-corrected chi connectivity index (χ3v) is 3.05. The van der Waals surface area contributed by atoms with Crippen LogP contribution in [0, 0.1) is 11.6 Å². The zero-order valence-electron chi connectivity index (χ0n) is 10.7. The van der Waals surface area contributed by atoms with E-state index in [2.05, 4.69) is 9.97 Å². The Morgan fingerprint density at radius 1 is 1.35 bits per heavy atom. The molecule has 104 valence electrons. The Morgan fingerprint density at radius 3 is 2.85 bits per heavy atom. The third kappa shape index (κ3) is 2.01. The summed E-state index contributed by atoms with van der Waals surface area (Å²) in [6, 6.07) is 1.96. The third-order valence-electron chi connectivity index (χ3n) is 3.05. The van der Waals surface area contributed by atoms with E-state index in [0.29, 0.717) is 5.89 Å². The molecule has 0 radical (unpaired) electrons. The first-order chi connectivity index (χ1) is 9.58. The minimum Gasteiger partial charge on any atom is -0.444 e. The quantitative estimate of drug-likeness (QED) is 0.799. The van der Waals surface area contributed by atoms with Gasteiger partial charge in [-0.3, -0.25) is 0 Å². The fourth-order valence-electron chi connectivity index (χ4n) is 2.05. The summed E-state index contributed by atoms with van der Waals surface area (Å²) in [5.41, 5.74) is 6.06. The molecule has 1 aromatic carbocycles. The molecule has 0 saturated heterocycles. The summed E-state index contributed by atoms with van der Waals surface area (Å²) in [6.45, 7) is 2.11. The van der Waals surface area contributed by atoms with Crippen LogP contribution in [-0.2, 0) is 13.0 Å². The van der Waals surface area contributed by atoms with Crippen molar-refractivity contribution in [1.82, 2.24) is 14.5 Å². The highest BCUT2D eigenvalue weighted by Crippen LogP contribution is 2.23. The van der Waals surface area contributed by atoms with Crippen molar-refractivity contribution in [3.8, 4) is 0 Å². The van der Waals surface area contributed by atoms with Crippen LogP contribution in [-0.4, -0.2) is 14.5 Å². The zero-order chi connectivity index (χ0) is 14.3. The molecule has 20 heavy (non-hydrogen) atoms. The molecule has 0 aliphatic carbocycles. The number of nitrogen functional groups attached to an aromatic ring is 1. The second-order valence-corrected chi connectivity index (χ2v) is 4.39. The number of imidazole rings is 1. The van der Waals surface area contributed by atoms with Crippen molar-refractivity contribution in [2.75, 3.05) is 5.73 Å². The zero-order valence-corrected chi connectivity index (χ0v) is 10.7. The Labute approximate surface area is 113 Å². The van der Waals surface area contributed by atoms with Gasteiger partial charge in [-0.1, -0.05) is 6.92 Å². The minimum atomic E-state index is -0.743. The molecule has 7 heteroatoms. The van der Waals surface area contributed by atoms with Gasteiger partial charge in [0.25, 0.3) is 0 Å². The largest absolute Gasteiger partial charge is 0.444 e. The van der Waals surface area contributed by atoms with Gasteiger partial charge in [-0.15, -0.1) is 0 Å². The molecular formula is C13H12F2N4O. The molecule has 0 spiro atoms. The Bertz CT molecular complexity index is 778. The summed E-state index contributed by atoms with van der Waals surface area (Å²) in [4.78, 5) is 8.00. The van der Waals surface area contributed by atoms with Crippen LogP contribution in [0.2, 0.25) is 0 Å². The Morgan fingerprint density at radius 2 is 2.15 bits per heavy atom. The molecule has 0 aliphatic rings. The number of fused-ring (bicyclic) bond motifs is 1. The monoisotopic (exact) mass is 278 g/mol. The number of nitrogens with two attached hydrogens (primary N) is 1. The van der Waals surface area contributed by atoms with Crippen molar-refractivity contribution in [3.05, 3.63) is 41.6 Å². The average molecular weight is 278 g/mol. The number of nitrogens with zero attached hydrogens (tertiary/aromatic N) is 3. The number of hydrogen-bond acceptors (Lipinski definition) is 4. The normalized spacial score (nSPS) is 11.3. The van der Waals surface area contributed by atoms with Crippen molar-refractivity contribution < 1.29 is 13.2 Å². The van der Waals surface area contributed by atoms with Crippen molar-refractivity contribution in [1.29, 1.82) is 0 Å². The summed E-state index contributed by atoms with van der Waals surface area (Å²) < 4.78 is 33.9. The maximum absolute atomic E-state index is 13.6. The number of anilines is 1. The Hall–Kier alpha value is -2.44. The van der Waals surface area contributed by atoms with Gasteiger partial charge >= 0.3 is 0 Å². The van der Waals surface area contributed by atoms with Crippen molar-refractivity contribution in [2.45, 2.75) is 19.9 Å². The van der Waals surface area contributed by atoms with Gasteiger partial charge < -0.3 is 14.7 Å². The standard InChI is InChI=1S/C13H12F2N4O/c1-2-8-5-17-11(20-8)6-19-10-4-7(14)3-9(15)12(10)18-13(19)16/h3-5H,2,6H2,1H3,(H2,16,18). The van der Waals surface area contributed by atoms with Crippen LogP contribution in [0.1, 0.15) is 18.6 Å². The molecule has 0 atom stereocenters.